The van der Waals surface area contributed by atoms with E-state index in [0.717, 1.165) is 13.1 Å². The van der Waals surface area contributed by atoms with Crippen LogP contribution in [0.5, 0.6) is 0 Å². The van der Waals surface area contributed by atoms with Gasteiger partial charge >= 0.3 is 0 Å². The van der Waals surface area contributed by atoms with Crippen molar-refractivity contribution in [2.45, 2.75) is 86.7 Å². The fraction of sp³-hybridized carbons (Fsp3) is 0.591. The third-order valence-electron chi connectivity index (χ3n) is 12.8. The monoisotopic (exact) mass is 982 g/mol. The summed E-state index contributed by atoms with van der Waals surface area (Å²) in [6.07, 6.45) is 9.10. The molecule has 0 saturated carbocycles. The van der Waals surface area contributed by atoms with E-state index in [4.69, 9.17) is 20.9 Å². The predicted octanol–water partition coefficient (Wildman–Crippen LogP) is 0.563. The summed E-state index contributed by atoms with van der Waals surface area (Å²) in [5.74, 6) is 1.58. The molecule has 6 N–H and O–H groups in total. The highest BCUT2D eigenvalue weighted by Gasteiger charge is 2.39. The number of ether oxygens (including phenoxy) is 2. The summed E-state index contributed by atoms with van der Waals surface area (Å²) in [6.45, 7) is 18.4. The highest BCUT2D eigenvalue weighted by atomic mass is 32.2. The maximum absolute atomic E-state index is 13.3. The highest BCUT2D eigenvalue weighted by molar-refractivity contribution is 7.89. The number of pyridine rings is 2. The number of hydrogen-bond donors (Lipinski definition) is 4. The van der Waals surface area contributed by atoms with Crippen molar-refractivity contribution in [3.8, 4) is 0 Å². The van der Waals surface area contributed by atoms with Crippen molar-refractivity contribution in [3.05, 3.63) is 72.6 Å². The van der Waals surface area contributed by atoms with E-state index in [2.05, 4.69) is 63.4 Å². The largest absolute Gasteiger partial charge is 0.386 e. The van der Waals surface area contributed by atoms with Gasteiger partial charge in [0.25, 0.3) is 0 Å². The number of piperazine rings is 2. The van der Waals surface area contributed by atoms with Crippen LogP contribution in [0.3, 0.4) is 0 Å². The van der Waals surface area contributed by atoms with Crippen molar-refractivity contribution in [2.75, 3.05) is 113 Å². The molecule has 0 amide bonds. The van der Waals surface area contributed by atoms with Crippen LogP contribution in [-0.4, -0.2) is 191 Å². The van der Waals surface area contributed by atoms with Gasteiger partial charge in [-0.2, -0.15) is 8.61 Å². The quantitative estimate of drug-likeness (QED) is 0.151. The van der Waals surface area contributed by atoms with Crippen molar-refractivity contribution in [1.82, 2.24) is 48.3 Å². The first-order valence-electron chi connectivity index (χ1n) is 22.8. The maximum atomic E-state index is 13.3. The molecule has 4 aromatic heterocycles. The number of rotatable bonds is 12. The van der Waals surface area contributed by atoms with Gasteiger partial charge < -0.3 is 41.0 Å². The molecule has 0 unspecified atom stereocenters. The van der Waals surface area contributed by atoms with Crippen LogP contribution in [0.1, 0.15) is 52.7 Å². The van der Waals surface area contributed by atoms with E-state index >= 15 is 0 Å². The Labute approximate surface area is 399 Å². The molecule has 0 spiro atoms. The van der Waals surface area contributed by atoms with Crippen molar-refractivity contribution >= 4 is 43.6 Å². The molecule has 0 aliphatic carbocycles. The summed E-state index contributed by atoms with van der Waals surface area (Å²) in [4.78, 5) is 34.9. The SMILES string of the molecule is C[C@H]1COCCN1C[C@H]1CN(S(=O)(=O)c2ccc(N)nc2)CCN1c1ncc(C(C)(C)O)cn1.C[C@H]1COCCN1C[C@H]1CN(S(=O)(=O)c2ccc(N)nc2)CCN1c1ncc(C(C)(C)O)cn1. The molecule has 8 rings (SSSR count). The van der Waals surface area contributed by atoms with Crippen LogP contribution < -0.4 is 21.3 Å². The Morgan fingerprint density at radius 3 is 1.25 bits per heavy atom. The molecule has 68 heavy (non-hydrogen) atoms. The smallest absolute Gasteiger partial charge is 0.244 e. The van der Waals surface area contributed by atoms with Gasteiger partial charge in [-0.25, -0.2) is 46.7 Å². The minimum absolute atomic E-state index is 0.124. The number of anilines is 4. The Morgan fingerprint density at radius 1 is 0.574 bits per heavy atom. The summed E-state index contributed by atoms with van der Waals surface area (Å²) in [6, 6.07) is 6.08. The fourth-order valence-corrected chi connectivity index (χ4v) is 11.3. The molecular formula is C44H66N14O8S2. The number of nitrogen functional groups attached to an aromatic ring is 2. The first kappa shape index (κ1) is 51.1. The molecule has 4 atom stereocenters. The van der Waals surface area contributed by atoms with E-state index in [1.54, 1.807) is 52.5 Å². The number of nitrogens with two attached hydrogens (primary N) is 2. The Kier molecular flexibility index (Phi) is 15.8. The van der Waals surface area contributed by atoms with Gasteiger partial charge in [0.1, 0.15) is 21.4 Å². The van der Waals surface area contributed by atoms with Crippen molar-refractivity contribution in [3.63, 3.8) is 0 Å². The Morgan fingerprint density at radius 2 is 0.941 bits per heavy atom. The number of aliphatic hydroxyl groups is 2. The van der Waals surface area contributed by atoms with Crippen LogP contribution in [0, 0.1) is 0 Å². The molecule has 0 aromatic carbocycles. The van der Waals surface area contributed by atoms with Crippen LogP contribution in [-0.2, 0) is 40.7 Å². The zero-order chi connectivity index (χ0) is 49.0. The van der Waals surface area contributed by atoms with E-state index in [1.807, 2.05) is 0 Å². The number of morpholine rings is 2. The molecule has 0 radical (unpaired) electrons. The average molecular weight is 983 g/mol. The second-order valence-electron chi connectivity index (χ2n) is 18.8. The zero-order valence-electron chi connectivity index (χ0n) is 39.7. The molecular weight excluding hydrogens is 917 g/mol. The summed E-state index contributed by atoms with van der Waals surface area (Å²) in [5, 5.41) is 20.5. The fourth-order valence-electron chi connectivity index (χ4n) is 8.49. The molecule has 4 saturated heterocycles. The molecule has 22 nitrogen and oxygen atoms in total. The number of aromatic nitrogens is 6. The summed E-state index contributed by atoms with van der Waals surface area (Å²) < 4.78 is 67.5. The van der Waals surface area contributed by atoms with E-state index < -0.39 is 31.2 Å². The van der Waals surface area contributed by atoms with Crippen LogP contribution in [0.25, 0.3) is 0 Å². The third kappa shape index (κ3) is 12.2. The Balaban J connectivity index is 0.000000201. The molecule has 4 aliphatic heterocycles. The second kappa shape index (κ2) is 21.1. The summed E-state index contributed by atoms with van der Waals surface area (Å²) in [5.41, 5.74) is 10.4. The van der Waals surface area contributed by atoms with E-state index in [1.165, 1.54) is 45.3 Å². The summed E-state index contributed by atoms with van der Waals surface area (Å²) >= 11 is 0. The molecule has 24 heteroatoms. The Bertz CT molecular complexity index is 2320. The Hall–Kier alpha value is -4.76. The molecule has 4 aliphatic rings. The van der Waals surface area contributed by atoms with Crippen molar-refractivity contribution in [2.24, 2.45) is 0 Å². The maximum Gasteiger partial charge on any atom is 0.244 e. The highest BCUT2D eigenvalue weighted by Crippen LogP contribution is 2.28. The average Bonchev–Trinajstić information content (AvgIpc) is 3.30. The zero-order valence-corrected chi connectivity index (χ0v) is 41.3. The molecule has 372 valence electrons. The molecule has 8 heterocycles. The lowest BCUT2D eigenvalue weighted by Crippen LogP contribution is -2.60. The van der Waals surface area contributed by atoms with Crippen molar-refractivity contribution < 1.29 is 36.5 Å². The lowest BCUT2D eigenvalue weighted by molar-refractivity contribution is -0.00454. The van der Waals surface area contributed by atoms with E-state index in [-0.39, 0.29) is 58.7 Å². The van der Waals surface area contributed by atoms with Crippen LogP contribution >= 0.6 is 0 Å². The van der Waals surface area contributed by atoms with Gasteiger partial charge in [0.05, 0.1) is 49.7 Å². The first-order chi connectivity index (χ1) is 32.1. The van der Waals surface area contributed by atoms with Gasteiger partial charge in [0, 0.05) is 126 Å². The number of nitrogens with zero attached hydrogens (tertiary/aromatic N) is 12. The number of hydrogen-bond acceptors (Lipinski definition) is 20. The lowest BCUT2D eigenvalue weighted by atomic mass is 10.0. The second-order valence-corrected chi connectivity index (χ2v) is 22.6. The van der Waals surface area contributed by atoms with Crippen molar-refractivity contribution in [1.29, 1.82) is 0 Å². The minimum Gasteiger partial charge on any atom is -0.386 e. The molecule has 4 aromatic rings. The van der Waals surface area contributed by atoms with Gasteiger partial charge in [-0.05, 0) is 65.8 Å². The molecule has 0 bridgehead atoms. The minimum atomic E-state index is -3.73. The number of sulfonamides is 2. The van der Waals surface area contributed by atoms with Gasteiger partial charge in [0.15, 0.2) is 0 Å². The van der Waals surface area contributed by atoms with Gasteiger partial charge in [-0.3, -0.25) is 9.80 Å². The topological polar surface area (TPSA) is 276 Å². The lowest BCUT2D eigenvalue weighted by Gasteiger charge is -2.44. The predicted molar refractivity (Wildman–Crippen MR) is 255 cm³/mol. The first-order valence-corrected chi connectivity index (χ1v) is 25.7. The molecule has 4 fully saturated rings. The van der Waals surface area contributed by atoms with Gasteiger partial charge in [-0.15, -0.1) is 0 Å². The van der Waals surface area contributed by atoms with E-state index in [0.29, 0.717) is 88.7 Å². The van der Waals surface area contributed by atoms with Gasteiger partial charge in [0.2, 0.25) is 31.9 Å². The van der Waals surface area contributed by atoms with Crippen LogP contribution in [0.15, 0.2) is 71.2 Å². The van der Waals surface area contributed by atoms with Crippen LogP contribution in [0.2, 0.25) is 0 Å². The summed E-state index contributed by atoms with van der Waals surface area (Å²) in [7, 11) is -7.45. The third-order valence-corrected chi connectivity index (χ3v) is 16.5. The van der Waals surface area contributed by atoms with Gasteiger partial charge in [-0.1, -0.05) is 0 Å². The standard InChI is InChI=1S/2C22H33N7O4S/c2*1-16-15-33-9-8-27(16)13-18-14-28(34(31,32)19-4-5-20(23)24-12-19)6-7-29(18)21-25-10-17(11-26-21)22(2,3)30/h2*4-5,10-12,16,18,30H,6-9,13-15H2,1-3H3,(H2,23,24)/t2*16-,18-/m00/s1. The van der Waals surface area contributed by atoms with E-state index in [9.17, 15) is 27.0 Å². The normalized spacial score (nSPS) is 23.2. The van der Waals surface area contributed by atoms with Crippen LogP contribution in [0.4, 0.5) is 23.5 Å².